The van der Waals surface area contributed by atoms with Crippen LogP contribution in [-0.2, 0) is 14.3 Å². The molecule has 1 aliphatic rings. The van der Waals surface area contributed by atoms with Crippen molar-refractivity contribution in [3.05, 3.63) is 35.6 Å². The minimum Gasteiger partial charge on any atom is -0.469 e. The van der Waals surface area contributed by atoms with E-state index in [-0.39, 0.29) is 23.6 Å². The van der Waals surface area contributed by atoms with Gasteiger partial charge in [0.1, 0.15) is 5.82 Å². The van der Waals surface area contributed by atoms with Crippen LogP contribution in [0.15, 0.2) is 24.3 Å². The van der Waals surface area contributed by atoms with Gasteiger partial charge in [-0.1, -0.05) is 12.1 Å². The number of hydrogen-bond donors (Lipinski definition) is 0. The minimum absolute atomic E-state index is 0.0526. The molecule has 17 heavy (non-hydrogen) atoms. The van der Waals surface area contributed by atoms with E-state index < -0.39 is 0 Å². The van der Waals surface area contributed by atoms with E-state index in [0.29, 0.717) is 13.2 Å². The van der Waals surface area contributed by atoms with Crippen molar-refractivity contribution in [1.29, 1.82) is 0 Å². The van der Waals surface area contributed by atoms with Crippen LogP contribution in [0.1, 0.15) is 17.9 Å². The Morgan fingerprint density at radius 3 is 2.76 bits per heavy atom. The van der Waals surface area contributed by atoms with Gasteiger partial charge in [0, 0.05) is 12.5 Å². The van der Waals surface area contributed by atoms with Crippen molar-refractivity contribution in [2.24, 2.45) is 5.92 Å². The van der Waals surface area contributed by atoms with Crippen molar-refractivity contribution in [3.8, 4) is 0 Å². The number of halogens is 1. The second-order valence-electron chi connectivity index (χ2n) is 4.15. The van der Waals surface area contributed by atoms with E-state index >= 15 is 0 Å². The average molecular weight is 238 g/mol. The summed E-state index contributed by atoms with van der Waals surface area (Å²) in [6.07, 6.45) is 0.755. The molecule has 0 N–H and O–H groups in total. The zero-order valence-electron chi connectivity index (χ0n) is 9.69. The van der Waals surface area contributed by atoms with Gasteiger partial charge in [-0.05, 0) is 24.1 Å². The number of benzene rings is 1. The Morgan fingerprint density at radius 2 is 2.12 bits per heavy atom. The lowest BCUT2D eigenvalue weighted by atomic mass is 9.83. The molecule has 1 aliphatic heterocycles. The zero-order chi connectivity index (χ0) is 12.3. The van der Waals surface area contributed by atoms with E-state index in [9.17, 15) is 9.18 Å². The van der Waals surface area contributed by atoms with Gasteiger partial charge in [-0.2, -0.15) is 0 Å². The topological polar surface area (TPSA) is 35.5 Å². The third-order valence-corrected chi connectivity index (χ3v) is 3.16. The molecule has 1 aromatic rings. The smallest absolute Gasteiger partial charge is 0.311 e. The fraction of sp³-hybridized carbons (Fsp3) is 0.462. The van der Waals surface area contributed by atoms with Gasteiger partial charge in [0.05, 0.1) is 19.6 Å². The van der Waals surface area contributed by atoms with Crippen LogP contribution in [0.2, 0.25) is 0 Å². The maximum atomic E-state index is 12.9. The van der Waals surface area contributed by atoms with E-state index in [1.54, 1.807) is 12.1 Å². The van der Waals surface area contributed by atoms with Gasteiger partial charge in [-0.15, -0.1) is 0 Å². The van der Waals surface area contributed by atoms with Crippen molar-refractivity contribution >= 4 is 5.97 Å². The molecule has 4 heteroatoms. The SMILES string of the molecule is COC(=O)[C@H]1COCC[C@@H]1c1ccc(F)cc1. The van der Waals surface area contributed by atoms with Crippen molar-refractivity contribution in [2.45, 2.75) is 12.3 Å². The van der Waals surface area contributed by atoms with Crippen LogP contribution in [0.25, 0.3) is 0 Å². The zero-order valence-corrected chi connectivity index (χ0v) is 9.69. The summed E-state index contributed by atoms with van der Waals surface area (Å²) < 4.78 is 22.9. The normalized spacial score (nSPS) is 24.4. The summed E-state index contributed by atoms with van der Waals surface area (Å²) in [5.74, 6) is -0.773. The van der Waals surface area contributed by atoms with Crippen molar-refractivity contribution < 1.29 is 18.7 Å². The van der Waals surface area contributed by atoms with Crippen molar-refractivity contribution in [1.82, 2.24) is 0 Å². The largest absolute Gasteiger partial charge is 0.469 e. The van der Waals surface area contributed by atoms with Crippen molar-refractivity contribution in [2.75, 3.05) is 20.3 Å². The molecule has 92 valence electrons. The Hall–Kier alpha value is -1.42. The van der Waals surface area contributed by atoms with Gasteiger partial charge in [0.25, 0.3) is 0 Å². The molecule has 1 aromatic carbocycles. The number of methoxy groups -OCH3 is 1. The first-order valence-electron chi connectivity index (χ1n) is 5.63. The second-order valence-corrected chi connectivity index (χ2v) is 4.15. The lowest BCUT2D eigenvalue weighted by Gasteiger charge is -2.29. The molecule has 1 saturated heterocycles. The first-order chi connectivity index (χ1) is 8.22. The molecule has 3 nitrogen and oxygen atoms in total. The summed E-state index contributed by atoms with van der Waals surface area (Å²) in [6, 6.07) is 6.28. The maximum Gasteiger partial charge on any atom is 0.311 e. The summed E-state index contributed by atoms with van der Waals surface area (Å²) in [5, 5.41) is 0. The summed E-state index contributed by atoms with van der Waals surface area (Å²) in [5.41, 5.74) is 0.963. The maximum absolute atomic E-state index is 12.9. The Morgan fingerprint density at radius 1 is 1.41 bits per heavy atom. The monoisotopic (exact) mass is 238 g/mol. The molecule has 0 aliphatic carbocycles. The minimum atomic E-state index is -0.292. The molecule has 1 fully saturated rings. The van der Waals surface area contributed by atoms with Crippen LogP contribution >= 0.6 is 0 Å². The van der Waals surface area contributed by atoms with E-state index in [1.165, 1.54) is 19.2 Å². The van der Waals surface area contributed by atoms with Crippen molar-refractivity contribution in [3.63, 3.8) is 0 Å². The Labute approximate surface area is 99.5 Å². The average Bonchev–Trinajstić information content (AvgIpc) is 2.39. The van der Waals surface area contributed by atoms with Gasteiger partial charge in [-0.3, -0.25) is 4.79 Å². The highest BCUT2D eigenvalue weighted by molar-refractivity contribution is 5.73. The van der Waals surface area contributed by atoms with Crippen LogP contribution in [0.5, 0.6) is 0 Å². The number of hydrogen-bond acceptors (Lipinski definition) is 3. The highest BCUT2D eigenvalue weighted by atomic mass is 19.1. The van der Waals surface area contributed by atoms with Gasteiger partial charge < -0.3 is 9.47 Å². The molecule has 0 radical (unpaired) electrons. The summed E-state index contributed by atoms with van der Waals surface area (Å²) >= 11 is 0. The van der Waals surface area contributed by atoms with E-state index in [0.717, 1.165) is 12.0 Å². The summed E-state index contributed by atoms with van der Waals surface area (Å²) in [4.78, 5) is 11.6. The van der Waals surface area contributed by atoms with Gasteiger partial charge in [-0.25, -0.2) is 4.39 Å². The first kappa shape index (κ1) is 12.0. The Kier molecular flexibility index (Phi) is 3.74. The van der Waals surface area contributed by atoms with Gasteiger partial charge in [0.15, 0.2) is 0 Å². The highest BCUT2D eigenvalue weighted by Gasteiger charge is 2.33. The Balaban J connectivity index is 2.21. The molecule has 2 rings (SSSR count). The molecular weight excluding hydrogens is 223 g/mol. The number of rotatable bonds is 2. The molecule has 0 bridgehead atoms. The third kappa shape index (κ3) is 2.64. The lowest BCUT2D eigenvalue weighted by Crippen LogP contribution is -2.33. The van der Waals surface area contributed by atoms with E-state index in [4.69, 9.17) is 9.47 Å². The number of ether oxygens (including phenoxy) is 2. The first-order valence-corrected chi connectivity index (χ1v) is 5.63. The van der Waals surface area contributed by atoms with Crippen LogP contribution in [0.3, 0.4) is 0 Å². The fourth-order valence-electron chi connectivity index (χ4n) is 2.23. The van der Waals surface area contributed by atoms with Crippen LogP contribution in [0, 0.1) is 11.7 Å². The molecular formula is C13H15FO3. The van der Waals surface area contributed by atoms with E-state index in [1.807, 2.05) is 0 Å². The van der Waals surface area contributed by atoms with E-state index in [2.05, 4.69) is 0 Å². The van der Waals surface area contributed by atoms with Gasteiger partial charge in [0.2, 0.25) is 0 Å². The second kappa shape index (κ2) is 5.27. The number of carbonyl (C=O) groups excluding carboxylic acids is 1. The predicted molar refractivity (Wildman–Crippen MR) is 60.1 cm³/mol. The summed E-state index contributed by atoms with van der Waals surface area (Å²) in [6.45, 7) is 0.990. The molecule has 2 atom stereocenters. The fourth-order valence-corrected chi connectivity index (χ4v) is 2.23. The van der Waals surface area contributed by atoms with Crippen LogP contribution < -0.4 is 0 Å². The number of carbonyl (C=O) groups is 1. The molecule has 0 spiro atoms. The lowest BCUT2D eigenvalue weighted by molar-refractivity contribution is -0.150. The molecule has 1 heterocycles. The molecule has 0 amide bonds. The summed E-state index contributed by atoms with van der Waals surface area (Å²) in [7, 11) is 1.37. The molecule has 0 saturated carbocycles. The van der Waals surface area contributed by atoms with Gasteiger partial charge >= 0.3 is 5.97 Å². The molecule has 0 aromatic heterocycles. The Bertz CT molecular complexity index is 388. The molecule has 0 unspecified atom stereocenters. The van der Waals surface area contributed by atoms with Crippen LogP contribution in [0.4, 0.5) is 4.39 Å². The standard InChI is InChI=1S/C13H15FO3/c1-16-13(15)12-8-17-7-6-11(12)9-2-4-10(14)5-3-9/h2-5,11-12H,6-8H2,1H3/t11-,12+/m1/s1. The quantitative estimate of drug-likeness (QED) is 0.740. The predicted octanol–water partition coefficient (Wildman–Crippen LogP) is 2.12. The third-order valence-electron chi connectivity index (χ3n) is 3.16. The highest BCUT2D eigenvalue weighted by Crippen LogP contribution is 2.32. The van der Waals surface area contributed by atoms with Crippen LogP contribution in [-0.4, -0.2) is 26.3 Å². The number of esters is 1.